The summed E-state index contributed by atoms with van der Waals surface area (Å²) in [4.78, 5) is 4.05. The van der Waals surface area contributed by atoms with Crippen LogP contribution in [0.15, 0.2) is 42.7 Å². The first-order valence-corrected chi connectivity index (χ1v) is 8.33. The minimum Gasteiger partial charge on any atom is -0.455 e. The minimum atomic E-state index is -0.642. The smallest absolute Gasteiger partial charge is 0.145 e. The number of aryl methyl sites for hydroxylation is 1. The molecule has 1 aliphatic rings. The normalized spacial score (nSPS) is 16.8. The Bertz CT molecular complexity index is 655. The molecule has 2 heterocycles. The van der Waals surface area contributed by atoms with Crippen LogP contribution in [0.1, 0.15) is 24.0 Å². The van der Waals surface area contributed by atoms with E-state index in [1.54, 1.807) is 12.4 Å². The molecule has 0 radical (unpaired) electrons. The fourth-order valence-corrected chi connectivity index (χ4v) is 2.84. The molecule has 0 saturated carbocycles. The van der Waals surface area contributed by atoms with Crippen LogP contribution in [0.25, 0.3) is 0 Å². The predicted octanol–water partition coefficient (Wildman–Crippen LogP) is 2.81. The van der Waals surface area contributed by atoms with Gasteiger partial charge in [0.1, 0.15) is 11.5 Å². The van der Waals surface area contributed by atoms with Crippen molar-refractivity contribution in [3.63, 3.8) is 0 Å². The van der Waals surface area contributed by atoms with Crippen molar-refractivity contribution in [1.29, 1.82) is 0 Å². The monoisotopic (exact) mass is 328 g/mol. The highest BCUT2D eigenvalue weighted by Gasteiger charge is 2.29. The number of hydrogen-bond acceptors (Lipinski definition) is 5. The van der Waals surface area contributed by atoms with Gasteiger partial charge in [0.05, 0.1) is 11.8 Å². The second-order valence-corrected chi connectivity index (χ2v) is 6.33. The van der Waals surface area contributed by atoms with E-state index >= 15 is 0 Å². The molecule has 24 heavy (non-hydrogen) atoms. The molecule has 3 rings (SSSR count). The number of nitrogens with zero attached hydrogens (tertiary/aromatic N) is 1. The fraction of sp³-hybridized carbons (Fsp3) is 0.421. The van der Waals surface area contributed by atoms with Crippen LogP contribution in [0, 0.1) is 6.92 Å². The van der Waals surface area contributed by atoms with Crippen LogP contribution < -0.4 is 10.1 Å². The van der Waals surface area contributed by atoms with E-state index < -0.39 is 5.60 Å². The average molecular weight is 328 g/mol. The second kappa shape index (κ2) is 7.75. The Balaban J connectivity index is 1.54. The third-order valence-electron chi connectivity index (χ3n) is 4.31. The van der Waals surface area contributed by atoms with E-state index in [2.05, 4.69) is 16.4 Å². The van der Waals surface area contributed by atoms with Crippen molar-refractivity contribution >= 4 is 0 Å². The number of benzene rings is 1. The molecule has 0 bridgehead atoms. The summed E-state index contributed by atoms with van der Waals surface area (Å²) in [5, 5.41) is 13.8. The number of rotatable bonds is 6. The van der Waals surface area contributed by atoms with Gasteiger partial charge in [-0.2, -0.15) is 0 Å². The molecule has 2 N–H and O–H groups in total. The number of aliphatic hydroxyl groups is 1. The Morgan fingerprint density at radius 1 is 1.29 bits per heavy atom. The summed E-state index contributed by atoms with van der Waals surface area (Å²) in [5.41, 5.74) is 1.60. The van der Waals surface area contributed by atoms with Crippen LogP contribution in [0.5, 0.6) is 11.5 Å². The van der Waals surface area contributed by atoms with Crippen molar-refractivity contribution < 1.29 is 14.6 Å². The lowest BCUT2D eigenvalue weighted by Crippen LogP contribution is -2.44. The number of aromatic nitrogens is 1. The lowest BCUT2D eigenvalue weighted by Gasteiger charge is -2.32. The van der Waals surface area contributed by atoms with Crippen LogP contribution in [0.3, 0.4) is 0 Å². The molecule has 5 heteroatoms. The highest BCUT2D eigenvalue weighted by atomic mass is 16.5. The van der Waals surface area contributed by atoms with Gasteiger partial charge in [-0.25, -0.2) is 0 Å². The summed E-state index contributed by atoms with van der Waals surface area (Å²) in [7, 11) is 0. The van der Waals surface area contributed by atoms with Gasteiger partial charge in [0.2, 0.25) is 0 Å². The van der Waals surface area contributed by atoms with Gasteiger partial charge in [-0.1, -0.05) is 12.1 Å². The summed E-state index contributed by atoms with van der Waals surface area (Å²) in [6.45, 7) is 4.61. The standard InChI is InChI=1S/C19H24N2O3/c1-15-11-16(12-21-14-19(22)6-9-23-10-7-19)4-5-18(15)24-17-3-2-8-20-13-17/h2-5,8,11,13,21-22H,6-7,9-10,12,14H2,1H3. The quantitative estimate of drug-likeness (QED) is 0.854. The molecule has 5 nitrogen and oxygen atoms in total. The molecule has 1 fully saturated rings. The molecule has 0 unspecified atom stereocenters. The molecule has 0 atom stereocenters. The topological polar surface area (TPSA) is 63.6 Å². The lowest BCUT2D eigenvalue weighted by atomic mass is 9.94. The van der Waals surface area contributed by atoms with Crippen molar-refractivity contribution in [2.24, 2.45) is 0 Å². The second-order valence-electron chi connectivity index (χ2n) is 6.33. The van der Waals surface area contributed by atoms with Crippen LogP contribution in [0.2, 0.25) is 0 Å². The van der Waals surface area contributed by atoms with Crippen LogP contribution >= 0.6 is 0 Å². The van der Waals surface area contributed by atoms with Crippen molar-refractivity contribution in [1.82, 2.24) is 10.3 Å². The first-order chi connectivity index (χ1) is 11.6. The molecule has 1 aromatic heterocycles. The third kappa shape index (κ3) is 4.54. The van der Waals surface area contributed by atoms with Crippen molar-refractivity contribution in [2.45, 2.75) is 31.9 Å². The van der Waals surface area contributed by atoms with Gasteiger partial charge in [0.15, 0.2) is 0 Å². The Hall–Kier alpha value is -1.95. The van der Waals surface area contributed by atoms with Gasteiger partial charge < -0.3 is 19.9 Å². The Morgan fingerprint density at radius 2 is 2.12 bits per heavy atom. The van der Waals surface area contributed by atoms with Gasteiger partial charge in [0.25, 0.3) is 0 Å². The first-order valence-electron chi connectivity index (χ1n) is 8.33. The summed E-state index contributed by atoms with van der Waals surface area (Å²) < 4.78 is 11.1. The van der Waals surface area contributed by atoms with Gasteiger partial charge >= 0.3 is 0 Å². The first kappa shape index (κ1) is 16.9. The fourth-order valence-electron chi connectivity index (χ4n) is 2.84. The molecule has 2 aromatic rings. The maximum atomic E-state index is 10.4. The van der Waals surface area contributed by atoms with Crippen molar-refractivity contribution in [3.05, 3.63) is 53.9 Å². The summed E-state index contributed by atoms with van der Waals surface area (Å²) in [6, 6.07) is 9.86. The zero-order valence-electron chi connectivity index (χ0n) is 14.0. The Morgan fingerprint density at radius 3 is 2.83 bits per heavy atom. The largest absolute Gasteiger partial charge is 0.455 e. The molecular weight excluding hydrogens is 304 g/mol. The summed E-state index contributed by atoms with van der Waals surface area (Å²) >= 11 is 0. The highest BCUT2D eigenvalue weighted by Crippen LogP contribution is 2.25. The van der Waals surface area contributed by atoms with Gasteiger partial charge in [-0.15, -0.1) is 0 Å². The van der Waals surface area contributed by atoms with E-state index in [1.165, 1.54) is 5.56 Å². The summed E-state index contributed by atoms with van der Waals surface area (Å²) in [5.74, 6) is 1.56. The maximum absolute atomic E-state index is 10.4. The Kier molecular flexibility index (Phi) is 5.45. The number of nitrogens with one attached hydrogen (secondary N) is 1. The minimum absolute atomic E-state index is 0.587. The van der Waals surface area contributed by atoms with E-state index in [4.69, 9.17) is 9.47 Å². The van der Waals surface area contributed by atoms with Crippen LogP contribution in [-0.4, -0.2) is 35.5 Å². The zero-order valence-corrected chi connectivity index (χ0v) is 14.0. The van der Waals surface area contributed by atoms with Gasteiger partial charge in [-0.05, 0) is 36.2 Å². The van der Waals surface area contributed by atoms with E-state index in [9.17, 15) is 5.11 Å². The van der Waals surface area contributed by atoms with Gasteiger partial charge in [0, 0.05) is 45.3 Å². The van der Waals surface area contributed by atoms with E-state index in [-0.39, 0.29) is 0 Å². The molecule has 0 amide bonds. The number of ether oxygens (including phenoxy) is 2. The summed E-state index contributed by atoms with van der Waals surface area (Å²) in [6.07, 6.45) is 4.80. The Labute approximate surface area is 142 Å². The van der Waals surface area contributed by atoms with Gasteiger partial charge in [-0.3, -0.25) is 4.98 Å². The highest BCUT2D eigenvalue weighted by molar-refractivity contribution is 5.39. The molecule has 1 saturated heterocycles. The molecule has 1 aliphatic heterocycles. The SMILES string of the molecule is Cc1cc(CNCC2(O)CCOCC2)ccc1Oc1cccnc1. The molecule has 0 spiro atoms. The molecular formula is C19H24N2O3. The van der Waals surface area contributed by atoms with E-state index in [1.807, 2.05) is 31.2 Å². The van der Waals surface area contributed by atoms with Crippen molar-refractivity contribution in [3.8, 4) is 11.5 Å². The van der Waals surface area contributed by atoms with Crippen molar-refractivity contribution in [2.75, 3.05) is 19.8 Å². The molecule has 1 aromatic carbocycles. The van der Waals surface area contributed by atoms with E-state index in [0.29, 0.717) is 32.6 Å². The lowest BCUT2D eigenvalue weighted by molar-refractivity contribution is -0.0617. The third-order valence-corrected chi connectivity index (χ3v) is 4.31. The molecule has 0 aliphatic carbocycles. The average Bonchev–Trinajstić information content (AvgIpc) is 2.59. The van der Waals surface area contributed by atoms with Crippen LogP contribution in [0.4, 0.5) is 0 Å². The van der Waals surface area contributed by atoms with E-state index in [0.717, 1.165) is 23.6 Å². The predicted molar refractivity (Wildman–Crippen MR) is 92.2 cm³/mol. The van der Waals surface area contributed by atoms with Crippen LogP contribution in [-0.2, 0) is 11.3 Å². The molecule has 128 valence electrons. The maximum Gasteiger partial charge on any atom is 0.145 e. The zero-order chi connectivity index (χ0) is 16.8. The number of hydrogen-bond donors (Lipinski definition) is 2. The number of pyridine rings is 1.